The molecule has 0 bridgehead atoms. The average molecular weight is 440 g/mol. The summed E-state index contributed by atoms with van der Waals surface area (Å²) in [4.78, 5) is 26.0. The van der Waals surface area contributed by atoms with Crippen molar-refractivity contribution in [2.24, 2.45) is 0 Å². The molecule has 3 aromatic carbocycles. The van der Waals surface area contributed by atoms with Crippen molar-refractivity contribution in [2.45, 2.75) is 13.3 Å². The summed E-state index contributed by atoms with van der Waals surface area (Å²) in [5, 5.41) is 11.5. The summed E-state index contributed by atoms with van der Waals surface area (Å²) in [5.41, 5.74) is 2.73. The average Bonchev–Trinajstić information content (AvgIpc) is 2.82. The van der Waals surface area contributed by atoms with Gasteiger partial charge < -0.3 is 18.7 Å². The second kappa shape index (κ2) is 7.98. The first-order valence-corrected chi connectivity index (χ1v) is 10.4. The number of hydrogen-bond acceptors (Lipinski definition) is 6. The Kier molecular flexibility index (Phi) is 4.98. The predicted molar refractivity (Wildman–Crippen MR) is 126 cm³/mol. The van der Waals surface area contributed by atoms with Gasteiger partial charge in [-0.15, -0.1) is 0 Å². The van der Waals surface area contributed by atoms with Crippen LogP contribution >= 0.6 is 0 Å². The normalized spacial score (nSPS) is 11.2. The molecule has 0 fully saturated rings. The maximum absolute atomic E-state index is 13.1. The van der Waals surface area contributed by atoms with Crippen molar-refractivity contribution in [3.8, 4) is 22.6 Å². The van der Waals surface area contributed by atoms with Crippen molar-refractivity contribution in [3.63, 3.8) is 0 Å². The molecule has 0 amide bonds. The van der Waals surface area contributed by atoms with Crippen molar-refractivity contribution in [3.05, 3.63) is 104 Å². The highest BCUT2D eigenvalue weighted by Gasteiger charge is 2.19. The molecule has 0 spiro atoms. The molecule has 0 aliphatic heterocycles. The molecule has 0 aliphatic carbocycles. The van der Waals surface area contributed by atoms with Crippen molar-refractivity contribution in [1.82, 2.24) is 0 Å². The molecule has 164 valence electrons. The van der Waals surface area contributed by atoms with Crippen molar-refractivity contribution >= 4 is 21.9 Å². The summed E-state index contributed by atoms with van der Waals surface area (Å²) in [7, 11) is 1.54. The zero-order valence-corrected chi connectivity index (χ0v) is 18.0. The van der Waals surface area contributed by atoms with Crippen LogP contribution in [0.25, 0.3) is 33.1 Å². The molecule has 0 saturated heterocycles. The summed E-state index contributed by atoms with van der Waals surface area (Å²) >= 11 is 0. The molecule has 6 nitrogen and oxygen atoms in total. The molecule has 5 rings (SSSR count). The molecule has 0 aliphatic rings. The lowest BCUT2D eigenvalue weighted by molar-refractivity contribution is 0.414. The first kappa shape index (κ1) is 20.6. The van der Waals surface area contributed by atoms with Gasteiger partial charge in [-0.05, 0) is 36.2 Å². The van der Waals surface area contributed by atoms with Crippen LogP contribution in [-0.4, -0.2) is 12.2 Å². The second-order valence-electron chi connectivity index (χ2n) is 7.83. The molecule has 0 atom stereocenters. The number of aryl methyl sites for hydroxylation is 1. The summed E-state index contributed by atoms with van der Waals surface area (Å²) in [6.07, 6.45) is 1.58. The van der Waals surface area contributed by atoms with Gasteiger partial charge in [0.25, 0.3) is 0 Å². The molecular weight excluding hydrogens is 420 g/mol. The molecule has 1 N–H and O–H groups in total. The number of hydrogen-bond donors (Lipinski definition) is 1. The van der Waals surface area contributed by atoms with E-state index in [9.17, 15) is 14.7 Å². The van der Waals surface area contributed by atoms with E-state index in [0.29, 0.717) is 49.9 Å². The Morgan fingerprint density at radius 2 is 1.76 bits per heavy atom. The van der Waals surface area contributed by atoms with E-state index < -0.39 is 5.63 Å². The van der Waals surface area contributed by atoms with Gasteiger partial charge in [-0.2, -0.15) is 0 Å². The van der Waals surface area contributed by atoms with Crippen molar-refractivity contribution in [1.29, 1.82) is 0 Å². The fourth-order valence-electron chi connectivity index (χ4n) is 4.20. The number of rotatable bonds is 4. The fourth-order valence-corrected chi connectivity index (χ4v) is 4.20. The Labute approximate surface area is 188 Å². The third-order valence-corrected chi connectivity index (χ3v) is 5.86. The van der Waals surface area contributed by atoms with E-state index in [-0.39, 0.29) is 23.2 Å². The predicted octanol–water partition coefficient (Wildman–Crippen LogP) is 5.18. The fraction of sp³-hybridized carbons (Fsp3) is 0.111. The zero-order chi connectivity index (χ0) is 23.1. The number of phenolic OH excluding ortho intramolecular Hbond substituents is 1. The van der Waals surface area contributed by atoms with E-state index >= 15 is 0 Å². The summed E-state index contributed by atoms with van der Waals surface area (Å²) in [6.45, 7) is 1.78. The van der Waals surface area contributed by atoms with Crippen LogP contribution in [0.4, 0.5) is 0 Å². The smallest absolute Gasteiger partial charge is 0.344 e. The summed E-state index contributed by atoms with van der Waals surface area (Å²) in [5.74, 6) is 0.597. The minimum atomic E-state index is -0.504. The quantitative estimate of drug-likeness (QED) is 0.387. The van der Waals surface area contributed by atoms with Gasteiger partial charge in [-0.3, -0.25) is 4.79 Å². The number of phenols is 1. The second-order valence-corrected chi connectivity index (χ2v) is 7.83. The number of ether oxygens (including phenoxy) is 1. The van der Waals surface area contributed by atoms with Gasteiger partial charge >= 0.3 is 5.63 Å². The van der Waals surface area contributed by atoms with E-state index in [0.717, 1.165) is 0 Å². The topological polar surface area (TPSA) is 89.9 Å². The van der Waals surface area contributed by atoms with E-state index in [4.69, 9.17) is 13.6 Å². The lowest BCUT2D eigenvalue weighted by atomic mass is 9.96. The van der Waals surface area contributed by atoms with Crippen LogP contribution in [0, 0.1) is 6.92 Å². The standard InChI is InChI=1S/C27H20O6/c1-15-23(16-6-4-3-5-7-16)27(30)33-26-17(8-11-21(28)24(15)26)12-18-14-32-22-13-19(31-2)9-10-20(22)25(18)29/h3-11,13-14,28H,12H2,1-2H3. The highest BCUT2D eigenvalue weighted by molar-refractivity contribution is 5.93. The Balaban J connectivity index is 1.67. The molecule has 33 heavy (non-hydrogen) atoms. The minimum Gasteiger partial charge on any atom is -0.507 e. The Morgan fingerprint density at radius 3 is 2.52 bits per heavy atom. The number of methoxy groups -OCH3 is 1. The Morgan fingerprint density at radius 1 is 0.970 bits per heavy atom. The summed E-state index contributed by atoms with van der Waals surface area (Å²) in [6, 6.07) is 17.4. The summed E-state index contributed by atoms with van der Waals surface area (Å²) < 4.78 is 16.6. The number of aromatic hydroxyl groups is 1. The molecule has 2 heterocycles. The Hall–Kier alpha value is -4.32. The molecule has 0 unspecified atom stereocenters. The first-order valence-electron chi connectivity index (χ1n) is 10.4. The lowest BCUT2D eigenvalue weighted by Gasteiger charge is -2.12. The van der Waals surface area contributed by atoms with Crippen LogP contribution < -0.4 is 15.8 Å². The van der Waals surface area contributed by atoms with Crippen LogP contribution in [0.1, 0.15) is 16.7 Å². The SMILES string of the molecule is COc1ccc2c(=O)c(Cc3ccc(O)c4c(C)c(-c5ccccc5)c(=O)oc34)coc2c1. The Bertz CT molecular complexity index is 1630. The van der Waals surface area contributed by atoms with Crippen LogP contribution in [0.2, 0.25) is 0 Å². The molecule has 2 aromatic heterocycles. The van der Waals surface area contributed by atoms with E-state index in [1.54, 1.807) is 44.4 Å². The monoisotopic (exact) mass is 440 g/mol. The molecule has 0 radical (unpaired) electrons. The van der Waals surface area contributed by atoms with Gasteiger partial charge in [-0.25, -0.2) is 4.79 Å². The molecular formula is C27H20O6. The lowest BCUT2D eigenvalue weighted by Crippen LogP contribution is -2.11. The van der Waals surface area contributed by atoms with Gasteiger partial charge in [0.1, 0.15) is 22.7 Å². The van der Waals surface area contributed by atoms with Crippen LogP contribution in [-0.2, 0) is 6.42 Å². The maximum Gasteiger partial charge on any atom is 0.344 e. The maximum atomic E-state index is 13.1. The zero-order valence-electron chi connectivity index (χ0n) is 18.0. The third kappa shape index (κ3) is 3.46. The number of benzene rings is 3. The van der Waals surface area contributed by atoms with Crippen molar-refractivity contribution in [2.75, 3.05) is 7.11 Å². The van der Waals surface area contributed by atoms with Gasteiger partial charge in [0.2, 0.25) is 0 Å². The van der Waals surface area contributed by atoms with Crippen LogP contribution in [0.5, 0.6) is 11.5 Å². The molecule has 6 heteroatoms. The van der Waals surface area contributed by atoms with Gasteiger partial charge in [0.05, 0.1) is 29.7 Å². The third-order valence-electron chi connectivity index (χ3n) is 5.86. The van der Waals surface area contributed by atoms with Gasteiger partial charge in [0, 0.05) is 23.6 Å². The van der Waals surface area contributed by atoms with Crippen molar-refractivity contribution < 1.29 is 18.7 Å². The largest absolute Gasteiger partial charge is 0.507 e. The highest BCUT2D eigenvalue weighted by atomic mass is 16.5. The van der Waals surface area contributed by atoms with Gasteiger partial charge in [-0.1, -0.05) is 36.4 Å². The van der Waals surface area contributed by atoms with E-state index in [1.165, 1.54) is 6.26 Å². The molecule has 0 saturated carbocycles. The van der Waals surface area contributed by atoms with Crippen LogP contribution in [0.15, 0.2) is 85.4 Å². The molecule has 5 aromatic rings. The number of fused-ring (bicyclic) bond motifs is 2. The van der Waals surface area contributed by atoms with Gasteiger partial charge in [0.15, 0.2) is 5.43 Å². The van der Waals surface area contributed by atoms with E-state index in [2.05, 4.69) is 0 Å². The highest BCUT2D eigenvalue weighted by Crippen LogP contribution is 2.35. The minimum absolute atomic E-state index is 0.00446. The first-order chi connectivity index (χ1) is 16.0. The van der Waals surface area contributed by atoms with E-state index in [1.807, 2.05) is 30.3 Å². The van der Waals surface area contributed by atoms with Crippen LogP contribution in [0.3, 0.4) is 0 Å².